The van der Waals surface area contributed by atoms with Crippen LogP contribution in [0.3, 0.4) is 0 Å². The minimum atomic E-state index is 0.317. The molecule has 2 heteroatoms. The number of hydrogen-bond donors (Lipinski definition) is 1. The highest BCUT2D eigenvalue weighted by Gasteiger charge is 2.11. The Hall–Kier alpha value is -2.58. The predicted octanol–water partition coefficient (Wildman–Crippen LogP) is 5.07. The maximum absolute atomic E-state index is 6.02. The zero-order chi connectivity index (χ0) is 16.8. The molecule has 0 spiro atoms. The van der Waals surface area contributed by atoms with Gasteiger partial charge in [-0.2, -0.15) is 0 Å². The Morgan fingerprint density at radius 3 is 2.25 bits per heavy atom. The zero-order valence-corrected chi connectivity index (χ0v) is 14.0. The maximum Gasteiger partial charge on any atom is 0.127 e. The summed E-state index contributed by atoms with van der Waals surface area (Å²) in [5, 5.41) is 0. The monoisotopic (exact) mass is 317 g/mol. The molecule has 122 valence electrons. The summed E-state index contributed by atoms with van der Waals surface area (Å²) >= 11 is 0. The lowest BCUT2D eigenvalue weighted by Crippen LogP contribution is -2.15. The van der Waals surface area contributed by atoms with E-state index in [9.17, 15) is 0 Å². The van der Waals surface area contributed by atoms with Crippen LogP contribution in [0.5, 0.6) is 11.5 Å². The van der Waals surface area contributed by atoms with E-state index in [1.165, 1.54) is 16.7 Å². The Bertz CT molecular complexity index is 765. The molecule has 0 saturated carbocycles. The number of aryl methyl sites for hydroxylation is 1. The van der Waals surface area contributed by atoms with Gasteiger partial charge in [0, 0.05) is 5.92 Å². The number of rotatable bonds is 6. The second-order valence-electron chi connectivity index (χ2n) is 6.11. The number of hydrogen-bond acceptors (Lipinski definition) is 2. The quantitative estimate of drug-likeness (QED) is 0.688. The van der Waals surface area contributed by atoms with Gasteiger partial charge in [-0.1, -0.05) is 60.2 Å². The number of para-hydroxylation sites is 1. The van der Waals surface area contributed by atoms with Crippen molar-refractivity contribution < 1.29 is 4.74 Å². The molecule has 1 atom stereocenters. The van der Waals surface area contributed by atoms with E-state index in [4.69, 9.17) is 10.5 Å². The summed E-state index contributed by atoms with van der Waals surface area (Å²) in [4.78, 5) is 0. The van der Waals surface area contributed by atoms with Crippen LogP contribution in [-0.4, -0.2) is 6.54 Å². The van der Waals surface area contributed by atoms with Gasteiger partial charge in [-0.05, 0) is 55.3 Å². The van der Waals surface area contributed by atoms with Crippen molar-refractivity contribution in [1.29, 1.82) is 0 Å². The second-order valence-corrected chi connectivity index (χ2v) is 6.11. The Labute approximate surface area is 143 Å². The van der Waals surface area contributed by atoms with E-state index in [2.05, 4.69) is 43.3 Å². The molecule has 3 aromatic rings. The first-order valence-corrected chi connectivity index (χ1v) is 8.33. The first-order valence-electron chi connectivity index (χ1n) is 8.33. The maximum atomic E-state index is 6.02. The predicted molar refractivity (Wildman–Crippen MR) is 99.6 cm³/mol. The Morgan fingerprint density at radius 1 is 0.833 bits per heavy atom. The lowest BCUT2D eigenvalue weighted by atomic mass is 9.91. The average Bonchev–Trinajstić information content (AvgIpc) is 2.62. The van der Waals surface area contributed by atoms with Crippen LogP contribution >= 0.6 is 0 Å². The standard InChI is InChI=1S/C22H23NO/c1-17-10-12-19(13-11-17)20(16-23)14-18-6-5-9-22(15-18)24-21-7-3-2-4-8-21/h2-13,15,20H,14,16,23H2,1H3. The van der Waals surface area contributed by atoms with Gasteiger partial charge in [-0.15, -0.1) is 0 Å². The van der Waals surface area contributed by atoms with E-state index in [-0.39, 0.29) is 0 Å². The smallest absolute Gasteiger partial charge is 0.127 e. The number of nitrogens with two attached hydrogens (primary N) is 1. The van der Waals surface area contributed by atoms with Gasteiger partial charge in [0.05, 0.1) is 0 Å². The molecule has 3 rings (SSSR count). The Kier molecular flexibility index (Phi) is 5.29. The molecule has 24 heavy (non-hydrogen) atoms. The largest absolute Gasteiger partial charge is 0.457 e. The van der Waals surface area contributed by atoms with Crippen molar-refractivity contribution in [3.8, 4) is 11.5 Å². The van der Waals surface area contributed by atoms with Crippen LogP contribution in [-0.2, 0) is 6.42 Å². The molecule has 0 heterocycles. The van der Waals surface area contributed by atoms with Crippen LogP contribution in [0, 0.1) is 6.92 Å². The van der Waals surface area contributed by atoms with Gasteiger partial charge in [0.25, 0.3) is 0 Å². The van der Waals surface area contributed by atoms with Crippen LogP contribution in [0.1, 0.15) is 22.6 Å². The molecule has 1 unspecified atom stereocenters. The van der Waals surface area contributed by atoms with Gasteiger partial charge < -0.3 is 10.5 Å². The average molecular weight is 317 g/mol. The van der Waals surface area contributed by atoms with Crippen LogP contribution in [0.25, 0.3) is 0 Å². The Morgan fingerprint density at radius 2 is 1.54 bits per heavy atom. The van der Waals surface area contributed by atoms with Crippen molar-refractivity contribution in [3.05, 3.63) is 95.6 Å². The van der Waals surface area contributed by atoms with Crippen molar-refractivity contribution in [3.63, 3.8) is 0 Å². The molecule has 0 radical (unpaired) electrons. The van der Waals surface area contributed by atoms with Gasteiger partial charge in [0.15, 0.2) is 0 Å². The van der Waals surface area contributed by atoms with E-state index >= 15 is 0 Å². The Balaban J connectivity index is 1.74. The van der Waals surface area contributed by atoms with Crippen LogP contribution in [0.15, 0.2) is 78.9 Å². The minimum Gasteiger partial charge on any atom is -0.457 e. The fourth-order valence-corrected chi connectivity index (χ4v) is 2.82. The lowest BCUT2D eigenvalue weighted by molar-refractivity contribution is 0.481. The van der Waals surface area contributed by atoms with Crippen molar-refractivity contribution in [2.75, 3.05) is 6.54 Å². The summed E-state index contributed by atoms with van der Waals surface area (Å²) in [5.41, 5.74) is 9.82. The van der Waals surface area contributed by atoms with Crippen molar-refractivity contribution >= 4 is 0 Å². The van der Waals surface area contributed by atoms with E-state index in [0.29, 0.717) is 12.5 Å². The van der Waals surface area contributed by atoms with Gasteiger partial charge in [0.1, 0.15) is 11.5 Å². The molecule has 0 aliphatic heterocycles. The van der Waals surface area contributed by atoms with Crippen LogP contribution < -0.4 is 10.5 Å². The third kappa shape index (κ3) is 4.24. The highest BCUT2D eigenvalue weighted by molar-refractivity contribution is 5.35. The molecule has 0 aliphatic carbocycles. The lowest BCUT2D eigenvalue weighted by Gasteiger charge is -2.16. The molecular weight excluding hydrogens is 294 g/mol. The molecule has 0 bridgehead atoms. The number of ether oxygens (including phenoxy) is 1. The molecule has 0 fully saturated rings. The topological polar surface area (TPSA) is 35.2 Å². The van der Waals surface area contributed by atoms with Gasteiger partial charge in [-0.3, -0.25) is 0 Å². The van der Waals surface area contributed by atoms with Crippen LogP contribution in [0.2, 0.25) is 0 Å². The van der Waals surface area contributed by atoms with Crippen LogP contribution in [0.4, 0.5) is 0 Å². The van der Waals surface area contributed by atoms with E-state index < -0.39 is 0 Å². The summed E-state index contributed by atoms with van der Waals surface area (Å²) in [7, 11) is 0. The molecule has 2 N–H and O–H groups in total. The van der Waals surface area contributed by atoms with E-state index in [1.807, 2.05) is 42.5 Å². The highest BCUT2D eigenvalue weighted by atomic mass is 16.5. The first-order chi connectivity index (χ1) is 11.7. The SMILES string of the molecule is Cc1ccc(C(CN)Cc2cccc(Oc3ccccc3)c2)cc1. The van der Waals surface area contributed by atoms with E-state index in [1.54, 1.807) is 0 Å². The fourth-order valence-electron chi connectivity index (χ4n) is 2.82. The molecule has 0 aromatic heterocycles. The third-order valence-corrected chi connectivity index (χ3v) is 4.19. The van der Waals surface area contributed by atoms with Crippen molar-refractivity contribution in [2.24, 2.45) is 5.73 Å². The molecule has 0 amide bonds. The molecule has 2 nitrogen and oxygen atoms in total. The van der Waals surface area contributed by atoms with Gasteiger partial charge in [0.2, 0.25) is 0 Å². The summed E-state index contributed by atoms with van der Waals surface area (Å²) in [5.74, 6) is 2.03. The van der Waals surface area contributed by atoms with Crippen molar-refractivity contribution in [2.45, 2.75) is 19.3 Å². The third-order valence-electron chi connectivity index (χ3n) is 4.19. The second kappa shape index (κ2) is 7.80. The van der Waals surface area contributed by atoms with E-state index in [0.717, 1.165) is 17.9 Å². The molecular formula is C22H23NO. The fraction of sp³-hybridized carbons (Fsp3) is 0.182. The molecule has 3 aromatic carbocycles. The summed E-state index contributed by atoms with van der Waals surface area (Å²) in [6.45, 7) is 2.73. The normalized spacial score (nSPS) is 11.9. The summed E-state index contributed by atoms with van der Waals surface area (Å²) < 4.78 is 5.92. The van der Waals surface area contributed by atoms with Crippen molar-refractivity contribution in [1.82, 2.24) is 0 Å². The summed E-state index contributed by atoms with van der Waals surface area (Å²) in [6.07, 6.45) is 0.908. The van der Waals surface area contributed by atoms with Gasteiger partial charge >= 0.3 is 0 Å². The van der Waals surface area contributed by atoms with Gasteiger partial charge in [-0.25, -0.2) is 0 Å². The molecule has 0 saturated heterocycles. The zero-order valence-electron chi connectivity index (χ0n) is 14.0. The first kappa shape index (κ1) is 16.3. The minimum absolute atomic E-state index is 0.317. The highest BCUT2D eigenvalue weighted by Crippen LogP contribution is 2.25. The summed E-state index contributed by atoms with van der Waals surface area (Å²) in [6, 6.07) is 26.8. The molecule has 0 aliphatic rings. The number of benzene rings is 3.